The summed E-state index contributed by atoms with van der Waals surface area (Å²) in [4.78, 5) is 2.42. The standard InChI is InChI=1S/C21H25FN2O3S/c1-27-21-9-8-18(15-19(21)22)28(25,26)23-13-10-17(11-14-23)24-12-4-6-16-5-2-3-7-20(16)24/h2-3,5,7-9,15,17H,4,6,10-14H2,1H3. The van der Waals surface area contributed by atoms with Gasteiger partial charge in [0.25, 0.3) is 0 Å². The zero-order valence-corrected chi connectivity index (χ0v) is 16.8. The average Bonchev–Trinajstić information content (AvgIpc) is 2.73. The van der Waals surface area contributed by atoms with Gasteiger partial charge in [0, 0.05) is 31.4 Å². The van der Waals surface area contributed by atoms with Gasteiger partial charge in [-0.1, -0.05) is 18.2 Å². The summed E-state index contributed by atoms with van der Waals surface area (Å²) in [7, 11) is -2.35. The zero-order chi connectivity index (χ0) is 19.7. The van der Waals surface area contributed by atoms with E-state index in [1.807, 2.05) is 0 Å². The largest absolute Gasteiger partial charge is 0.494 e. The van der Waals surface area contributed by atoms with Crippen LogP contribution in [0, 0.1) is 5.82 Å². The highest BCUT2D eigenvalue weighted by Crippen LogP contribution is 2.33. The number of para-hydroxylation sites is 1. The Labute approximate surface area is 165 Å². The Hall–Kier alpha value is -2.12. The topological polar surface area (TPSA) is 49.9 Å². The molecule has 0 saturated carbocycles. The molecule has 0 bridgehead atoms. The molecule has 7 heteroatoms. The highest BCUT2D eigenvalue weighted by atomic mass is 32.2. The Morgan fingerprint density at radius 3 is 2.54 bits per heavy atom. The molecule has 4 rings (SSSR count). The number of fused-ring (bicyclic) bond motifs is 1. The molecule has 0 amide bonds. The van der Waals surface area contributed by atoms with Crippen LogP contribution >= 0.6 is 0 Å². The smallest absolute Gasteiger partial charge is 0.243 e. The molecule has 0 unspecified atom stereocenters. The number of anilines is 1. The quantitative estimate of drug-likeness (QED) is 0.783. The predicted molar refractivity (Wildman–Crippen MR) is 107 cm³/mol. The fraction of sp³-hybridized carbons (Fsp3) is 0.429. The van der Waals surface area contributed by atoms with E-state index in [1.165, 1.54) is 34.8 Å². The lowest BCUT2D eigenvalue weighted by Crippen LogP contribution is -2.48. The molecule has 0 aromatic heterocycles. The molecule has 150 valence electrons. The van der Waals surface area contributed by atoms with Crippen LogP contribution in [0.4, 0.5) is 10.1 Å². The third-order valence-electron chi connectivity index (χ3n) is 5.77. The maximum Gasteiger partial charge on any atom is 0.243 e. The Kier molecular flexibility index (Phi) is 5.29. The van der Waals surface area contributed by atoms with Crippen molar-refractivity contribution in [2.24, 2.45) is 0 Å². The molecule has 1 fully saturated rings. The number of benzene rings is 2. The number of sulfonamides is 1. The van der Waals surface area contributed by atoms with Crippen LogP contribution in [0.2, 0.25) is 0 Å². The van der Waals surface area contributed by atoms with E-state index in [4.69, 9.17) is 4.74 Å². The second-order valence-corrected chi connectivity index (χ2v) is 9.30. The van der Waals surface area contributed by atoms with Gasteiger partial charge in [-0.25, -0.2) is 12.8 Å². The predicted octanol–water partition coefficient (Wildman–Crippen LogP) is 3.44. The van der Waals surface area contributed by atoms with Crippen molar-refractivity contribution in [3.63, 3.8) is 0 Å². The summed E-state index contributed by atoms with van der Waals surface area (Å²) < 4.78 is 46.2. The SMILES string of the molecule is COc1ccc(S(=O)(=O)N2CCC(N3CCCc4ccccc43)CC2)cc1F. The van der Waals surface area contributed by atoms with Crippen molar-refractivity contribution in [1.82, 2.24) is 4.31 Å². The summed E-state index contributed by atoms with van der Waals surface area (Å²) in [6, 6.07) is 12.6. The summed E-state index contributed by atoms with van der Waals surface area (Å²) in [5.74, 6) is -0.621. The molecule has 1 saturated heterocycles. The molecule has 28 heavy (non-hydrogen) atoms. The Balaban J connectivity index is 1.48. The van der Waals surface area contributed by atoms with Crippen LogP contribution in [0.1, 0.15) is 24.8 Å². The van der Waals surface area contributed by atoms with Crippen molar-refractivity contribution in [3.05, 3.63) is 53.8 Å². The minimum atomic E-state index is -3.70. The number of aryl methyl sites for hydroxylation is 1. The first kappa shape index (κ1) is 19.2. The van der Waals surface area contributed by atoms with Crippen LogP contribution in [0.25, 0.3) is 0 Å². The van der Waals surface area contributed by atoms with E-state index in [1.54, 1.807) is 0 Å². The maximum atomic E-state index is 14.0. The zero-order valence-electron chi connectivity index (χ0n) is 16.0. The number of halogens is 1. The first-order valence-electron chi connectivity index (χ1n) is 9.69. The first-order chi connectivity index (χ1) is 13.5. The van der Waals surface area contributed by atoms with Gasteiger partial charge in [-0.15, -0.1) is 0 Å². The molecule has 0 N–H and O–H groups in total. The van der Waals surface area contributed by atoms with Crippen molar-refractivity contribution < 1.29 is 17.5 Å². The van der Waals surface area contributed by atoms with Crippen molar-refractivity contribution in [3.8, 4) is 5.75 Å². The highest BCUT2D eigenvalue weighted by molar-refractivity contribution is 7.89. The second-order valence-electron chi connectivity index (χ2n) is 7.36. The van der Waals surface area contributed by atoms with Crippen LogP contribution < -0.4 is 9.64 Å². The summed E-state index contributed by atoms with van der Waals surface area (Å²) in [6.07, 6.45) is 3.77. The molecular formula is C21H25FN2O3S. The number of methoxy groups -OCH3 is 1. The van der Waals surface area contributed by atoms with Crippen molar-refractivity contribution in [2.75, 3.05) is 31.6 Å². The van der Waals surface area contributed by atoms with E-state index in [2.05, 4.69) is 29.2 Å². The summed E-state index contributed by atoms with van der Waals surface area (Å²) in [5, 5.41) is 0. The van der Waals surface area contributed by atoms with Gasteiger partial charge in [0.1, 0.15) is 0 Å². The molecule has 0 radical (unpaired) electrons. The van der Waals surface area contributed by atoms with Crippen LogP contribution in [-0.2, 0) is 16.4 Å². The summed E-state index contributed by atoms with van der Waals surface area (Å²) >= 11 is 0. The van der Waals surface area contributed by atoms with E-state index in [0.717, 1.165) is 38.3 Å². The van der Waals surface area contributed by atoms with Crippen LogP contribution in [0.3, 0.4) is 0 Å². The fourth-order valence-corrected chi connectivity index (χ4v) is 5.77. The molecule has 0 atom stereocenters. The lowest BCUT2D eigenvalue weighted by atomic mass is 9.96. The number of ether oxygens (including phenoxy) is 1. The molecule has 2 aromatic carbocycles. The highest BCUT2D eigenvalue weighted by Gasteiger charge is 2.33. The van der Waals surface area contributed by atoms with Crippen LogP contribution in [-0.4, -0.2) is 45.5 Å². The maximum absolute atomic E-state index is 14.0. The van der Waals surface area contributed by atoms with Crippen molar-refractivity contribution >= 4 is 15.7 Å². The Morgan fingerprint density at radius 2 is 1.82 bits per heavy atom. The van der Waals surface area contributed by atoms with E-state index in [9.17, 15) is 12.8 Å². The van der Waals surface area contributed by atoms with E-state index >= 15 is 0 Å². The van der Waals surface area contributed by atoms with Gasteiger partial charge in [0.05, 0.1) is 12.0 Å². The third-order valence-corrected chi connectivity index (χ3v) is 7.67. The molecule has 5 nitrogen and oxygen atoms in total. The van der Waals surface area contributed by atoms with Gasteiger partial charge in [0.15, 0.2) is 11.6 Å². The lowest BCUT2D eigenvalue weighted by molar-refractivity contribution is 0.307. The molecular weight excluding hydrogens is 379 g/mol. The van der Waals surface area contributed by atoms with Gasteiger partial charge >= 0.3 is 0 Å². The molecule has 2 heterocycles. The normalized spacial score (nSPS) is 18.7. The van der Waals surface area contributed by atoms with Gasteiger partial charge in [-0.05, 0) is 55.5 Å². The van der Waals surface area contributed by atoms with E-state index in [-0.39, 0.29) is 10.6 Å². The van der Waals surface area contributed by atoms with Gasteiger partial charge in [-0.2, -0.15) is 4.31 Å². The molecule has 0 aliphatic carbocycles. The van der Waals surface area contributed by atoms with Crippen LogP contribution in [0.15, 0.2) is 47.4 Å². The molecule has 2 aromatic rings. The average molecular weight is 405 g/mol. The number of nitrogens with zero attached hydrogens (tertiary/aromatic N) is 2. The minimum absolute atomic E-state index is 0.0208. The van der Waals surface area contributed by atoms with Gasteiger partial charge in [-0.3, -0.25) is 0 Å². The monoisotopic (exact) mass is 404 g/mol. The number of hydrogen-bond acceptors (Lipinski definition) is 4. The third kappa shape index (κ3) is 3.49. The summed E-state index contributed by atoms with van der Waals surface area (Å²) in [5.41, 5.74) is 2.66. The number of rotatable bonds is 4. The van der Waals surface area contributed by atoms with Crippen molar-refractivity contribution in [2.45, 2.75) is 36.6 Å². The van der Waals surface area contributed by atoms with Crippen molar-refractivity contribution in [1.29, 1.82) is 0 Å². The van der Waals surface area contributed by atoms with Crippen LogP contribution in [0.5, 0.6) is 5.75 Å². The minimum Gasteiger partial charge on any atom is -0.494 e. The van der Waals surface area contributed by atoms with Gasteiger partial charge < -0.3 is 9.64 Å². The van der Waals surface area contributed by atoms with Gasteiger partial charge in [0.2, 0.25) is 10.0 Å². The molecule has 2 aliphatic rings. The number of hydrogen-bond donors (Lipinski definition) is 0. The number of piperidine rings is 1. The first-order valence-corrected chi connectivity index (χ1v) is 11.1. The second kappa shape index (κ2) is 7.72. The molecule has 2 aliphatic heterocycles. The summed E-state index contributed by atoms with van der Waals surface area (Å²) in [6.45, 7) is 1.90. The Bertz CT molecular complexity index is 956. The Morgan fingerprint density at radius 1 is 1.07 bits per heavy atom. The fourth-order valence-electron chi connectivity index (χ4n) is 4.29. The van der Waals surface area contributed by atoms with E-state index < -0.39 is 15.8 Å². The lowest BCUT2D eigenvalue weighted by Gasteiger charge is -2.42. The van der Waals surface area contributed by atoms with E-state index in [0.29, 0.717) is 19.1 Å². The molecule has 0 spiro atoms.